The van der Waals surface area contributed by atoms with Crippen molar-refractivity contribution in [2.24, 2.45) is 0 Å². The molecular formula is C25H17Cl2F3N4O3. The second-order valence-electron chi connectivity index (χ2n) is 7.69. The summed E-state index contributed by atoms with van der Waals surface area (Å²) in [7, 11) is 2.89. The SMILES string of the molecule is COc1ccc(Nc2cc3c(c(Cl)nn3CC(F)F)c(C#N)c2C(=O)c2cc(F)ccc2Cl)c(OC)c1. The zero-order chi connectivity index (χ0) is 26.9. The maximum absolute atomic E-state index is 14.0. The van der Waals surface area contributed by atoms with Crippen LogP contribution in [0.1, 0.15) is 21.5 Å². The molecule has 12 heteroatoms. The number of aromatic nitrogens is 2. The van der Waals surface area contributed by atoms with Gasteiger partial charge in [-0.2, -0.15) is 10.4 Å². The number of hydrogen-bond donors (Lipinski definition) is 1. The number of nitrogens with zero attached hydrogens (tertiary/aromatic N) is 3. The number of carbonyl (C=O) groups excluding carboxylic acids is 1. The largest absolute Gasteiger partial charge is 0.497 e. The minimum atomic E-state index is -2.77. The second kappa shape index (κ2) is 10.6. The molecule has 1 aromatic heterocycles. The Morgan fingerprint density at radius 1 is 1.14 bits per heavy atom. The molecule has 4 rings (SSSR count). The van der Waals surface area contributed by atoms with E-state index in [9.17, 15) is 23.2 Å². The molecule has 1 N–H and O–H groups in total. The Morgan fingerprint density at radius 3 is 2.54 bits per heavy atom. The molecule has 0 aliphatic rings. The lowest BCUT2D eigenvalue weighted by Gasteiger charge is -2.17. The number of anilines is 2. The first-order valence-electron chi connectivity index (χ1n) is 10.6. The van der Waals surface area contributed by atoms with E-state index < -0.39 is 24.6 Å². The van der Waals surface area contributed by atoms with E-state index in [0.717, 1.165) is 16.8 Å². The highest BCUT2D eigenvalue weighted by Crippen LogP contribution is 2.39. The average molecular weight is 549 g/mol. The number of benzene rings is 3. The van der Waals surface area contributed by atoms with Crippen molar-refractivity contribution in [3.05, 3.63) is 75.1 Å². The molecular weight excluding hydrogens is 532 g/mol. The molecule has 7 nitrogen and oxygen atoms in total. The molecule has 0 saturated carbocycles. The summed E-state index contributed by atoms with van der Waals surface area (Å²) in [4.78, 5) is 13.7. The molecule has 0 fully saturated rings. The van der Waals surface area contributed by atoms with E-state index in [2.05, 4.69) is 10.4 Å². The van der Waals surface area contributed by atoms with E-state index in [1.165, 1.54) is 26.4 Å². The lowest BCUT2D eigenvalue weighted by atomic mass is 9.94. The van der Waals surface area contributed by atoms with Crippen molar-refractivity contribution in [1.29, 1.82) is 5.26 Å². The summed E-state index contributed by atoms with van der Waals surface area (Å²) < 4.78 is 52.1. The van der Waals surface area contributed by atoms with Crippen LogP contribution in [0.25, 0.3) is 10.9 Å². The lowest BCUT2D eigenvalue weighted by Crippen LogP contribution is -2.12. The van der Waals surface area contributed by atoms with Crippen LogP contribution in [0.3, 0.4) is 0 Å². The summed E-state index contributed by atoms with van der Waals surface area (Å²) in [5.74, 6) is -0.712. The number of hydrogen-bond acceptors (Lipinski definition) is 6. The molecule has 0 bridgehead atoms. The summed E-state index contributed by atoms with van der Waals surface area (Å²) >= 11 is 12.4. The van der Waals surface area contributed by atoms with Gasteiger partial charge in [-0.25, -0.2) is 13.2 Å². The van der Waals surface area contributed by atoms with Crippen molar-refractivity contribution in [1.82, 2.24) is 9.78 Å². The van der Waals surface area contributed by atoms with Crippen LogP contribution in [0, 0.1) is 17.1 Å². The number of halogens is 5. The number of rotatable bonds is 8. The quantitative estimate of drug-likeness (QED) is 0.249. The number of fused-ring (bicyclic) bond motifs is 1. The van der Waals surface area contributed by atoms with Gasteiger partial charge >= 0.3 is 0 Å². The Hall–Kier alpha value is -3.94. The van der Waals surface area contributed by atoms with E-state index in [-0.39, 0.29) is 43.5 Å². The van der Waals surface area contributed by atoms with Gasteiger partial charge in [-0.1, -0.05) is 23.2 Å². The number of carbonyl (C=O) groups is 1. The Kier molecular flexibility index (Phi) is 7.47. The third-order valence-corrected chi connectivity index (χ3v) is 6.09. The van der Waals surface area contributed by atoms with Gasteiger partial charge in [0.15, 0.2) is 10.9 Å². The third-order valence-electron chi connectivity index (χ3n) is 5.50. The number of nitriles is 1. The van der Waals surface area contributed by atoms with Crippen molar-refractivity contribution in [3.8, 4) is 17.6 Å². The fourth-order valence-corrected chi connectivity index (χ4v) is 4.35. The van der Waals surface area contributed by atoms with Crippen LogP contribution in [0.4, 0.5) is 24.5 Å². The van der Waals surface area contributed by atoms with Crippen molar-refractivity contribution in [2.45, 2.75) is 13.0 Å². The minimum absolute atomic E-state index is 0.00654. The van der Waals surface area contributed by atoms with Crippen molar-refractivity contribution in [2.75, 3.05) is 19.5 Å². The van der Waals surface area contributed by atoms with Crippen LogP contribution in [0.5, 0.6) is 11.5 Å². The molecule has 0 radical (unpaired) electrons. The fraction of sp³-hybridized carbons (Fsp3) is 0.160. The highest BCUT2D eigenvalue weighted by molar-refractivity contribution is 6.37. The van der Waals surface area contributed by atoms with Gasteiger partial charge in [0.2, 0.25) is 0 Å². The Bertz CT molecular complexity index is 1570. The Balaban J connectivity index is 2.03. The maximum Gasteiger partial charge on any atom is 0.257 e. The molecule has 0 aliphatic carbocycles. The van der Waals surface area contributed by atoms with Crippen LogP contribution in [0.15, 0.2) is 42.5 Å². The fourth-order valence-electron chi connectivity index (χ4n) is 3.86. The number of nitrogens with one attached hydrogen (secondary N) is 1. The molecule has 0 spiro atoms. The highest BCUT2D eigenvalue weighted by atomic mass is 35.5. The van der Waals surface area contributed by atoms with E-state index in [1.807, 2.05) is 6.07 Å². The summed E-state index contributed by atoms with van der Waals surface area (Å²) in [6.07, 6.45) is -2.77. The maximum atomic E-state index is 14.0. The molecule has 37 heavy (non-hydrogen) atoms. The van der Waals surface area contributed by atoms with Crippen molar-refractivity contribution < 1.29 is 27.4 Å². The van der Waals surface area contributed by atoms with E-state index >= 15 is 0 Å². The van der Waals surface area contributed by atoms with Crippen LogP contribution in [0.2, 0.25) is 10.2 Å². The average Bonchev–Trinajstić information content (AvgIpc) is 3.18. The van der Waals surface area contributed by atoms with E-state index in [1.54, 1.807) is 18.2 Å². The smallest absolute Gasteiger partial charge is 0.257 e. The van der Waals surface area contributed by atoms with Crippen LogP contribution >= 0.6 is 23.2 Å². The van der Waals surface area contributed by atoms with Crippen molar-refractivity contribution >= 4 is 51.3 Å². The molecule has 190 valence electrons. The molecule has 3 aromatic carbocycles. The molecule has 0 atom stereocenters. The molecule has 0 unspecified atom stereocenters. The van der Waals surface area contributed by atoms with Gasteiger partial charge in [-0.15, -0.1) is 0 Å². The predicted octanol–water partition coefficient (Wildman–Crippen LogP) is 6.61. The molecule has 4 aromatic rings. The first-order chi connectivity index (χ1) is 17.7. The van der Waals surface area contributed by atoms with Crippen LogP contribution in [-0.2, 0) is 6.54 Å². The number of ketones is 1. The van der Waals surface area contributed by atoms with Crippen LogP contribution in [-0.4, -0.2) is 36.2 Å². The third kappa shape index (κ3) is 5.01. The number of alkyl halides is 2. The summed E-state index contributed by atoms with van der Waals surface area (Å²) in [6.45, 7) is -0.803. The normalized spacial score (nSPS) is 11.0. The predicted molar refractivity (Wildman–Crippen MR) is 133 cm³/mol. The number of ether oxygens (including phenoxy) is 2. The number of methoxy groups -OCH3 is 2. The molecule has 0 amide bonds. The standard InChI is InChI=1S/C25H17Cl2F3N4O3/c1-36-13-4-6-17(20(8-13)37-2)32-18-9-19-23(25(27)33-34(19)11-21(29)30)15(10-31)22(18)24(35)14-7-12(28)3-5-16(14)26/h3-9,21,32H,11H2,1-2H3. The first-order valence-corrected chi connectivity index (χ1v) is 11.3. The minimum Gasteiger partial charge on any atom is -0.497 e. The van der Waals surface area contributed by atoms with Gasteiger partial charge in [0, 0.05) is 11.6 Å². The van der Waals surface area contributed by atoms with E-state index in [0.29, 0.717) is 17.2 Å². The van der Waals surface area contributed by atoms with Gasteiger partial charge in [0.1, 0.15) is 29.9 Å². The van der Waals surface area contributed by atoms with Crippen LogP contribution < -0.4 is 14.8 Å². The van der Waals surface area contributed by atoms with E-state index in [4.69, 9.17) is 32.7 Å². The molecule has 0 aliphatic heterocycles. The molecule has 0 saturated heterocycles. The monoisotopic (exact) mass is 548 g/mol. The topological polar surface area (TPSA) is 89.2 Å². The zero-order valence-electron chi connectivity index (χ0n) is 19.3. The zero-order valence-corrected chi connectivity index (χ0v) is 20.8. The first kappa shape index (κ1) is 26.1. The Morgan fingerprint density at radius 2 is 1.89 bits per heavy atom. The lowest BCUT2D eigenvalue weighted by molar-refractivity contribution is 0.103. The molecule has 1 heterocycles. The Labute approximate surface area is 218 Å². The van der Waals surface area contributed by atoms with Gasteiger partial charge in [0.25, 0.3) is 6.43 Å². The van der Waals surface area contributed by atoms with Gasteiger partial charge < -0.3 is 14.8 Å². The summed E-state index contributed by atoms with van der Waals surface area (Å²) in [6, 6.07) is 11.3. The van der Waals surface area contributed by atoms with Gasteiger partial charge in [-0.05, 0) is 36.4 Å². The highest BCUT2D eigenvalue weighted by Gasteiger charge is 2.28. The summed E-state index contributed by atoms with van der Waals surface area (Å²) in [5, 5.41) is 16.7. The summed E-state index contributed by atoms with van der Waals surface area (Å²) in [5.41, 5.74) is -0.193. The van der Waals surface area contributed by atoms with Gasteiger partial charge in [0.05, 0.1) is 52.6 Å². The van der Waals surface area contributed by atoms with Gasteiger partial charge in [-0.3, -0.25) is 9.48 Å². The van der Waals surface area contributed by atoms with Crippen molar-refractivity contribution in [3.63, 3.8) is 0 Å². The second-order valence-corrected chi connectivity index (χ2v) is 8.45.